The Labute approximate surface area is 100 Å². The lowest BCUT2D eigenvalue weighted by Gasteiger charge is -1.98. The van der Waals surface area contributed by atoms with Crippen LogP contribution < -0.4 is 5.73 Å². The van der Waals surface area contributed by atoms with E-state index in [0.29, 0.717) is 12.0 Å². The highest BCUT2D eigenvalue weighted by atomic mass is 32.1. The number of nitrogens with zero attached hydrogens (tertiary/aromatic N) is 2. The Morgan fingerprint density at radius 3 is 2.94 bits per heavy atom. The molecule has 0 fully saturated rings. The predicted octanol–water partition coefficient (Wildman–Crippen LogP) is 1.09. The van der Waals surface area contributed by atoms with Crippen molar-refractivity contribution in [3.8, 4) is 10.6 Å². The van der Waals surface area contributed by atoms with Crippen molar-refractivity contribution in [1.29, 1.82) is 0 Å². The molecule has 0 unspecified atom stereocenters. The topological polar surface area (TPSA) is 98.2 Å². The van der Waals surface area contributed by atoms with Crippen LogP contribution in [0.25, 0.3) is 10.6 Å². The zero-order valence-electron chi connectivity index (χ0n) is 8.66. The van der Waals surface area contributed by atoms with Crippen molar-refractivity contribution in [2.24, 2.45) is 0 Å². The van der Waals surface area contributed by atoms with Gasteiger partial charge < -0.3 is 10.8 Å². The van der Waals surface area contributed by atoms with E-state index in [4.69, 9.17) is 10.8 Å². The van der Waals surface area contributed by atoms with Crippen LogP contribution in [0.1, 0.15) is 10.4 Å². The van der Waals surface area contributed by atoms with Gasteiger partial charge in [-0.05, 0) is 11.4 Å². The maximum Gasteiger partial charge on any atom is 0.325 e. The van der Waals surface area contributed by atoms with Gasteiger partial charge in [-0.15, -0.1) is 11.3 Å². The number of carbonyl (C=O) groups is 2. The van der Waals surface area contributed by atoms with Crippen LogP contribution in [0.15, 0.2) is 17.5 Å². The first-order valence-electron chi connectivity index (χ1n) is 4.70. The number of carboxylic acid groups (broad SMARTS) is 1. The minimum absolute atomic E-state index is 0.0748. The summed E-state index contributed by atoms with van der Waals surface area (Å²) in [5.41, 5.74) is 6.33. The van der Waals surface area contributed by atoms with Gasteiger partial charge in [0.1, 0.15) is 18.1 Å². The third-order valence-electron chi connectivity index (χ3n) is 2.19. The summed E-state index contributed by atoms with van der Waals surface area (Å²) in [5, 5.41) is 14.6. The van der Waals surface area contributed by atoms with E-state index in [1.165, 1.54) is 11.3 Å². The molecular formula is C10H9N3O3S. The Morgan fingerprint density at radius 1 is 1.65 bits per heavy atom. The summed E-state index contributed by atoms with van der Waals surface area (Å²) in [6.07, 6.45) is 0.593. The number of aromatic nitrogens is 2. The summed E-state index contributed by atoms with van der Waals surface area (Å²) in [5.74, 6) is -0.986. The van der Waals surface area contributed by atoms with Gasteiger partial charge in [0, 0.05) is 0 Å². The Bertz CT molecular complexity index is 560. The molecule has 0 bridgehead atoms. The molecule has 3 N–H and O–H groups in total. The van der Waals surface area contributed by atoms with E-state index in [9.17, 15) is 9.59 Å². The Hall–Kier alpha value is -2.15. The maximum atomic E-state index is 11.0. The number of hydrogen-bond donors (Lipinski definition) is 2. The van der Waals surface area contributed by atoms with Crippen LogP contribution in [-0.2, 0) is 11.3 Å². The van der Waals surface area contributed by atoms with Crippen LogP contribution >= 0.6 is 11.3 Å². The van der Waals surface area contributed by atoms with E-state index in [2.05, 4.69) is 5.10 Å². The first-order valence-corrected chi connectivity index (χ1v) is 5.58. The molecule has 0 spiro atoms. The van der Waals surface area contributed by atoms with Crippen LogP contribution in [-0.4, -0.2) is 27.1 Å². The summed E-state index contributed by atoms with van der Waals surface area (Å²) < 4.78 is 1.11. The minimum atomic E-state index is -1.06. The number of carboxylic acids is 1. The predicted molar refractivity (Wildman–Crippen MR) is 63.0 cm³/mol. The van der Waals surface area contributed by atoms with Gasteiger partial charge in [-0.25, -0.2) is 4.68 Å². The lowest BCUT2D eigenvalue weighted by molar-refractivity contribution is -0.137. The second kappa shape index (κ2) is 4.38. The average molecular weight is 251 g/mol. The molecule has 2 rings (SSSR count). The van der Waals surface area contributed by atoms with Gasteiger partial charge in [-0.2, -0.15) is 5.10 Å². The number of hydrogen-bond acceptors (Lipinski definition) is 5. The molecule has 0 amide bonds. The molecule has 2 heterocycles. The second-order valence-corrected chi connectivity index (χ2v) is 4.24. The summed E-state index contributed by atoms with van der Waals surface area (Å²) >= 11 is 1.41. The van der Waals surface area contributed by atoms with Crippen LogP contribution in [0.5, 0.6) is 0 Å². The molecule has 0 saturated heterocycles. The molecule has 17 heavy (non-hydrogen) atoms. The SMILES string of the molecule is Nc1c(C=O)c(-c2cccs2)nn1CC(=O)O. The molecule has 0 aliphatic carbocycles. The smallest absolute Gasteiger partial charge is 0.325 e. The highest BCUT2D eigenvalue weighted by molar-refractivity contribution is 7.13. The fourth-order valence-corrected chi connectivity index (χ4v) is 2.17. The third kappa shape index (κ3) is 2.04. The fourth-order valence-electron chi connectivity index (χ4n) is 1.45. The molecule has 0 aliphatic heterocycles. The van der Waals surface area contributed by atoms with Gasteiger partial charge in [0.15, 0.2) is 6.29 Å². The Balaban J connectivity index is 2.53. The molecule has 0 aromatic carbocycles. The summed E-state index contributed by atoms with van der Waals surface area (Å²) in [6.45, 7) is -0.363. The van der Waals surface area contributed by atoms with E-state index in [0.717, 1.165) is 9.56 Å². The van der Waals surface area contributed by atoms with Crippen molar-refractivity contribution in [3.63, 3.8) is 0 Å². The average Bonchev–Trinajstić information content (AvgIpc) is 2.87. The molecule has 0 aliphatic rings. The van der Waals surface area contributed by atoms with Crippen molar-refractivity contribution in [2.45, 2.75) is 6.54 Å². The van der Waals surface area contributed by atoms with Crippen LogP contribution in [0, 0.1) is 0 Å². The molecule has 0 saturated carbocycles. The normalized spacial score (nSPS) is 10.4. The van der Waals surface area contributed by atoms with Gasteiger partial charge in [0.25, 0.3) is 0 Å². The highest BCUT2D eigenvalue weighted by Gasteiger charge is 2.18. The van der Waals surface area contributed by atoms with Crippen molar-refractivity contribution < 1.29 is 14.7 Å². The molecule has 6 nitrogen and oxygen atoms in total. The Kier molecular flexibility index (Phi) is 2.92. The summed E-state index contributed by atoms with van der Waals surface area (Å²) in [6, 6.07) is 3.62. The number of nitrogen functional groups attached to an aromatic ring is 1. The number of aliphatic carboxylic acids is 1. The highest BCUT2D eigenvalue weighted by Crippen LogP contribution is 2.29. The largest absolute Gasteiger partial charge is 0.480 e. The van der Waals surface area contributed by atoms with Gasteiger partial charge >= 0.3 is 5.97 Å². The monoisotopic (exact) mass is 251 g/mol. The first-order chi connectivity index (χ1) is 8.13. The number of anilines is 1. The van der Waals surface area contributed by atoms with Gasteiger partial charge in [0.05, 0.1) is 10.4 Å². The third-order valence-corrected chi connectivity index (χ3v) is 3.06. The lowest BCUT2D eigenvalue weighted by atomic mass is 10.2. The number of thiophene rings is 1. The summed E-state index contributed by atoms with van der Waals surface area (Å²) in [7, 11) is 0. The fraction of sp³-hybridized carbons (Fsp3) is 0.100. The quantitative estimate of drug-likeness (QED) is 0.792. The van der Waals surface area contributed by atoms with E-state index < -0.39 is 5.97 Å². The van der Waals surface area contributed by atoms with Crippen LogP contribution in [0.2, 0.25) is 0 Å². The van der Waals surface area contributed by atoms with Crippen molar-refractivity contribution in [3.05, 3.63) is 23.1 Å². The molecule has 0 atom stereocenters. The molecule has 7 heteroatoms. The molecule has 2 aromatic rings. The zero-order chi connectivity index (χ0) is 12.4. The number of aldehydes is 1. The molecule has 88 valence electrons. The van der Waals surface area contributed by atoms with E-state index >= 15 is 0 Å². The van der Waals surface area contributed by atoms with E-state index in [-0.39, 0.29) is 17.9 Å². The second-order valence-electron chi connectivity index (χ2n) is 3.29. The number of carbonyl (C=O) groups excluding carboxylic acids is 1. The Morgan fingerprint density at radius 2 is 2.41 bits per heavy atom. The molecular weight excluding hydrogens is 242 g/mol. The van der Waals surface area contributed by atoms with E-state index in [1.807, 2.05) is 11.4 Å². The van der Waals surface area contributed by atoms with Crippen LogP contribution in [0.4, 0.5) is 5.82 Å². The first kappa shape index (κ1) is 11.3. The van der Waals surface area contributed by atoms with Gasteiger partial charge in [-0.1, -0.05) is 6.07 Å². The summed E-state index contributed by atoms with van der Waals surface area (Å²) in [4.78, 5) is 22.4. The molecule has 0 radical (unpaired) electrons. The minimum Gasteiger partial charge on any atom is -0.480 e. The zero-order valence-corrected chi connectivity index (χ0v) is 9.48. The van der Waals surface area contributed by atoms with Gasteiger partial charge in [0.2, 0.25) is 0 Å². The van der Waals surface area contributed by atoms with Crippen LogP contribution in [0.3, 0.4) is 0 Å². The van der Waals surface area contributed by atoms with Crippen molar-refractivity contribution in [2.75, 3.05) is 5.73 Å². The van der Waals surface area contributed by atoms with Gasteiger partial charge in [-0.3, -0.25) is 9.59 Å². The maximum absolute atomic E-state index is 11.0. The van der Waals surface area contributed by atoms with Crippen molar-refractivity contribution >= 4 is 29.4 Å². The number of rotatable bonds is 4. The van der Waals surface area contributed by atoms with Crippen molar-refractivity contribution in [1.82, 2.24) is 9.78 Å². The van der Waals surface area contributed by atoms with E-state index in [1.54, 1.807) is 6.07 Å². The standard InChI is InChI=1S/C10H9N3O3S/c11-10-6(5-14)9(7-2-1-3-17-7)12-13(10)4-8(15)16/h1-3,5H,4,11H2,(H,15,16). The lowest BCUT2D eigenvalue weighted by Crippen LogP contribution is -2.12. The molecule has 2 aromatic heterocycles. The number of nitrogens with two attached hydrogens (primary N) is 1.